The van der Waals surface area contributed by atoms with Crippen molar-refractivity contribution in [3.05, 3.63) is 69.1 Å². The minimum atomic E-state index is -0.733. The minimum Gasteiger partial charge on any atom is -0.465 e. The van der Waals surface area contributed by atoms with Gasteiger partial charge in [0.25, 0.3) is 5.56 Å². The van der Waals surface area contributed by atoms with Crippen LogP contribution in [0, 0.1) is 11.3 Å². The molecule has 24 heavy (non-hydrogen) atoms. The fourth-order valence-electron chi connectivity index (χ4n) is 2.56. The second kappa shape index (κ2) is 5.89. The number of nitrogens with one attached hydrogen (secondary N) is 1. The van der Waals surface area contributed by atoms with E-state index in [0.717, 1.165) is 0 Å². The summed E-state index contributed by atoms with van der Waals surface area (Å²) in [5.74, 6) is -1.27. The molecule has 0 saturated heterocycles. The van der Waals surface area contributed by atoms with E-state index < -0.39 is 17.4 Å². The monoisotopic (exact) mass is 324 g/mol. The molecule has 1 aromatic heterocycles. The number of aromatic nitrogens is 2. The molecule has 1 aromatic carbocycles. The van der Waals surface area contributed by atoms with E-state index in [0.29, 0.717) is 11.1 Å². The van der Waals surface area contributed by atoms with Crippen molar-refractivity contribution in [1.29, 1.82) is 5.26 Å². The van der Waals surface area contributed by atoms with E-state index in [1.807, 2.05) is 6.07 Å². The van der Waals surface area contributed by atoms with Crippen LogP contribution in [-0.4, -0.2) is 23.0 Å². The summed E-state index contributed by atoms with van der Waals surface area (Å²) < 4.78 is 9.93. The molecular formula is C16H12N4O4. The number of nitrogens with two attached hydrogens (primary N) is 1. The molecule has 3 rings (SSSR count). The Morgan fingerprint density at radius 3 is 2.75 bits per heavy atom. The zero-order valence-corrected chi connectivity index (χ0v) is 12.6. The number of aromatic amines is 1. The molecule has 1 atom stereocenters. The van der Waals surface area contributed by atoms with E-state index in [1.54, 1.807) is 24.3 Å². The van der Waals surface area contributed by atoms with Crippen molar-refractivity contribution in [2.24, 2.45) is 5.73 Å². The molecule has 1 aliphatic rings. The standard InChI is InChI=1S/C16H12N4O4/c1-23-16(22)9-4-2-8(3-5-9)11-10(6-17)13(18)24-15-12(11)14(21)19-7-20-15/h2-5,7,11H,18H2,1H3,(H,19,20,21). The second-order valence-electron chi connectivity index (χ2n) is 4.99. The lowest BCUT2D eigenvalue weighted by Gasteiger charge is -2.24. The lowest BCUT2D eigenvalue weighted by Crippen LogP contribution is -2.28. The zero-order valence-electron chi connectivity index (χ0n) is 12.6. The summed E-state index contributed by atoms with van der Waals surface area (Å²) in [5, 5.41) is 9.42. The van der Waals surface area contributed by atoms with Gasteiger partial charge < -0.3 is 20.2 Å². The topological polar surface area (TPSA) is 131 Å². The third-order valence-corrected chi connectivity index (χ3v) is 3.69. The molecule has 1 unspecified atom stereocenters. The number of carbonyl (C=O) groups is 1. The van der Waals surface area contributed by atoms with Crippen LogP contribution in [0.15, 0.2) is 46.8 Å². The van der Waals surface area contributed by atoms with Crippen LogP contribution in [0.3, 0.4) is 0 Å². The molecule has 8 nitrogen and oxygen atoms in total. The third-order valence-electron chi connectivity index (χ3n) is 3.69. The number of benzene rings is 1. The van der Waals surface area contributed by atoms with Gasteiger partial charge in [0, 0.05) is 0 Å². The Morgan fingerprint density at radius 1 is 1.42 bits per heavy atom. The smallest absolute Gasteiger partial charge is 0.337 e. The number of nitriles is 1. The Balaban J connectivity index is 2.17. The predicted octanol–water partition coefficient (Wildman–Crippen LogP) is 0.775. The maximum Gasteiger partial charge on any atom is 0.337 e. The molecular weight excluding hydrogens is 312 g/mol. The van der Waals surface area contributed by atoms with Crippen molar-refractivity contribution in [2.75, 3.05) is 7.11 Å². The van der Waals surface area contributed by atoms with Gasteiger partial charge >= 0.3 is 5.97 Å². The molecule has 0 fully saturated rings. The van der Waals surface area contributed by atoms with Crippen LogP contribution in [0.4, 0.5) is 0 Å². The molecule has 2 heterocycles. The lowest BCUT2D eigenvalue weighted by atomic mass is 9.85. The first-order chi connectivity index (χ1) is 11.6. The van der Waals surface area contributed by atoms with Gasteiger partial charge in [-0.05, 0) is 17.7 Å². The minimum absolute atomic E-state index is 0.0531. The molecule has 2 aromatic rings. The van der Waals surface area contributed by atoms with Crippen LogP contribution in [0.25, 0.3) is 0 Å². The first-order valence-electron chi connectivity index (χ1n) is 6.90. The summed E-state index contributed by atoms with van der Waals surface area (Å²) in [4.78, 5) is 30.2. The van der Waals surface area contributed by atoms with Gasteiger partial charge in [0.05, 0.1) is 30.5 Å². The molecule has 120 valence electrons. The van der Waals surface area contributed by atoms with Gasteiger partial charge in [-0.2, -0.15) is 5.26 Å². The van der Waals surface area contributed by atoms with Gasteiger partial charge in [-0.3, -0.25) is 4.79 Å². The quantitative estimate of drug-likeness (QED) is 0.780. The fraction of sp³-hybridized carbons (Fsp3) is 0.125. The maximum atomic E-state index is 12.2. The van der Waals surface area contributed by atoms with Gasteiger partial charge in [0.15, 0.2) is 0 Å². The van der Waals surface area contributed by atoms with E-state index in [2.05, 4.69) is 14.7 Å². The Labute approximate surface area is 136 Å². The largest absolute Gasteiger partial charge is 0.465 e. The summed E-state index contributed by atoms with van der Waals surface area (Å²) in [6.45, 7) is 0. The Morgan fingerprint density at radius 2 is 2.12 bits per heavy atom. The second-order valence-corrected chi connectivity index (χ2v) is 4.99. The molecule has 8 heteroatoms. The van der Waals surface area contributed by atoms with Crippen LogP contribution in [-0.2, 0) is 4.74 Å². The molecule has 0 aliphatic carbocycles. The number of fused-ring (bicyclic) bond motifs is 1. The number of ether oxygens (including phenoxy) is 2. The summed E-state index contributed by atoms with van der Waals surface area (Å²) in [6.07, 6.45) is 1.20. The number of nitrogens with zero attached hydrogens (tertiary/aromatic N) is 2. The summed E-state index contributed by atoms with van der Waals surface area (Å²) in [5.41, 5.74) is 6.61. The predicted molar refractivity (Wildman–Crippen MR) is 81.9 cm³/mol. The zero-order chi connectivity index (χ0) is 17.3. The summed E-state index contributed by atoms with van der Waals surface area (Å²) >= 11 is 0. The number of hydrogen-bond acceptors (Lipinski definition) is 7. The van der Waals surface area contributed by atoms with Crippen LogP contribution in [0.1, 0.15) is 27.4 Å². The van der Waals surface area contributed by atoms with Crippen LogP contribution < -0.4 is 16.0 Å². The van der Waals surface area contributed by atoms with Crippen molar-refractivity contribution in [3.8, 4) is 11.9 Å². The van der Waals surface area contributed by atoms with E-state index in [1.165, 1.54) is 13.4 Å². The van der Waals surface area contributed by atoms with Crippen molar-refractivity contribution >= 4 is 5.97 Å². The average molecular weight is 324 g/mol. The number of methoxy groups -OCH3 is 1. The van der Waals surface area contributed by atoms with Gasteiger partial charge in [-0.1, -0.05) is 12.1 Å². The highest BCUT2D eigenvalue weighted by molar-refractivity contribution is 5.89. The van der Waals surface area contributed by atoms with E-state index in [9.17, 15) is 14.9 Å². The van der Waals surface area contributed by atoms with Crippen molar-refractivity contribution < 1.29 is 14.3 Å². The van der Waals surface area contributed by atoms with E-state index in [-0.39, 0.29) is 22.9 Å². The molecule has 0 amide bonds. The number of carbonyl (C=O) groups excluding carboxylic acids is 1. The highest BCUT2D eigenvalue weighted by Gasteiger charge is 2.34. The molecule has 0 radical (unpaired) electrons. The van der Waals surface area contributed by atoms with Crippen LogP contribution >= 0.6 is 0 Å². The van der Waals surface area contributed by atoms with E-state index >= 15 is 0 Å². The highest BCUT2D eigenvalue weighted by atomic mass is 16.5. The van der Waals surface area contributed by atoms with Crippen LogP contribution in [0.5, 0.6) is 5.88 Å². The third kappa shape index (κ3) is 2.38. The number of hydrogen-bond donors (Lipinski definition) is 2. The van der Waals surface area contributed by atoms with Crippen molar-refractivity contribution in [1.82, 2.24) is 9.97 Å². The molecule has 0 bridgehead atoms. The van der Waals surface area contributed by atoms with Crippen molar-refractivity contribution in [2.45, 2.75) is 5.92 Å². The van der Waals surface area contributed by atoms with Gasteiger partial charge in [0.1, 0.15) is 11.6 Å². The van der Waals surface area contributed by atoms with Gasteiger partial charge in [-0.15, -0.1) is 0 Å². The number of allylic oxidation sites excluding steroid dienone is 1. The lowest BCUT2D eigenvalue weighted by molar-refractivity contribution is 0.0600. The molecule has 0 saturated carbocycles. The van der Waals surface area contributed by atoms with E-state index in [4.69, 9.17) is 10.5 Å². The molecule has 3 N–H and O–H groups in total. The normalized spacial score (nSPS) is 15.9. The maximum absolute atomic E-state index is 12.2. The number of rotatable bonds is 2. The Bertz CT molecular complexity index is 938. The first kappa shape index (κ1) is 15.3. The Kier molecular flexibility index (Phi) is 3.75. The number of H-pyrrole nitrogens is 1. The number of esters is 1. The molecule has 1 aliphatic heterocycles. The highest BCUT2D eigenvalue weighted by Crippen LogP contribution is 2.38. The Hall–Kier alpha value is -3.60. The fourth-order valence-corrected chi connectivity index (χ4v) is 2.56. The molecule has 0 spiro atoms. The summed E-state index contributed by atoms with van der Waals surface area (Å²) in [7, 11) is 1.29. The van der Waals surface area contributed by atoms with Crippen LogP contribution in [0.2, 0.25) is 0 Å². The summed E-state index contributed by atoms with van der Waals surface area (Å²) in [6, 6.07) is 8.33. The average Bonchev–Trinajstić information content (AvgIpc) is 2.60. The van der Waals surface area contributed by atoms with Gasteiger partial charge in [-0.25, -0.2) is 9.78 Å². The first-order valence-corrected chi connectivity index (χ1v) is 6.90. The van der Waals surface area contributed by atoms with Crippen molar-refractivity contribution in [3.63, 3.8) is 0 Å². The SMILES string of the molecule is COC(=O)c1ccc(C2C(C#N)=C(N)Oc3nc[nH]c(=O)c32)cc1. The van der Waals surface area contributed by atoms with Gasteiger partial charge in [0.2, 0.25) is 11.8 Å².